The summed E-state index contributed by atoms with van der Waals surface area (Å²) in [5, 5.41) is 5.69. The van der Waals surface area contributed by atoms with Gasteiger partial charge in [-0.15, -0.1) is 16.3 Å². The number of thiazole rings is 1. The fourth-order valence-electron chi connectivity index (χ4n) is 2.64. The number of hydrogen-bond acceptors (Lipinski definition) is 7. The lowest BCUT2D eigenvalue weighted by molar-refractivity contribution is -0.112. The minimum absolute atomic E-state index is 0.0601. The molecule has 2 aromatic rings. The number of hydroxylamine groups is 3. The molecule has 1 aromatic carbocycles. The molecule has 0 unspecified atom stereocenters. The predicted octanol–water partition coefficient (Wildman–Crippen LogP) is 2.26. The lowest BCUT2D eigenvalue weighted by Crippen LogP contribution is -2.40. The van der Waals surface area contributed by atoms with Crippen LogP contribution in [0.5, 0.6) is 0 Å². The standard InChI is InChI=1S/C17H18N4O3S/c22-16(19-8-10-23-11-9-19)15-13-25-17(18-15)21-7-6-20(24-21)12-14-4-2-1-3-5-14/h1-7,13H,8-12H2. The molecule has 7 nitrogen and oxygen atoms in total. The van der Waals surface area contributed by atoms with Gasteiger partial charge >= 0.3 is 0 Å². The number of carbonyl (C=O) groups is 1. The monoisotopic (exact) mass is 358 g/mol. The van der Waals surface area contributed by atoms with E-state index in [1.165, 1.54) is 11.3 Å². The van der Waals surface area contributed by atoms with Crippen LogP contribution in [-0.2, 0) is 16.2 Å². The summed E-state index contributed by atoms with van der Waals surface area (Å²) < 4.78 is 5.28. The van der Waals surface area contributed by atoms with Crippen LogP contribution in [0.4, 0.5) is 5.13 Å². The van der Waals surface area contributed by atoms with Gasteiger partial charge in [0.05, 0.1) is 26.0 Å². The van der Waals surface area contributed by atoms with Gasteiger partial charge in [-0.25, -0.2) is 10.0 Å². The van der Waals surface area contributed by atoms with Crippen molar-refractivity contribution in [2.75, 3.05) is 31.4 Å². The van der Waals surface area contributed by atoms with Crippen molar-refractivity contribution in [3.63, 3.8) is 0 Å². The van der Waals surface area contributed by atoms with E-state index in [1.807, 2.05) is 36.5 Å². The quantitative estimate of drug-likeness (QED) is 0.836. The van der Waals surface area contributed by atoms with Gasteiger partial charge in [0.25, 0.3) is 5.91 Å². The van der Waals surface area contributed by atoms with Crippen molar-refractivity contribution in [1.82, 2.24) is 14.9 Å². The van der Waals surface area contributed by atoms with Crippen LogP contribution >= 0.6 is 11.3 Å². The molecule has 0 N–H and O–H groups in total. The van der Waals surface area contributed by atoms with Crippen LogP contribution in [0.1, 0.15) is 16.1 Å². The van der Waals surface area contributed by atoms with Crippen LogP contribution in [-0.4, -0.2) is 47.2 Å². The second-order valence-corrected chi connectivity index (χ2v) is 6.52. The van der Waals surface area contributed by atoms with E-state index in [9.17, 15) is 4.79 Å². The molecule has 4 rings (SSSR count). The number of benzene rings is 1. The van der Waals surface area contributed by atoms with E-state index in [0.29, 0.717) is 43.7 Å². The maximum atomic E-state index is 12.5. The summed E-state index contributed by atoms with van der Waals surface area (Å²) in [5.41, 5.74) is 1.59. The molecule has 3 heterocycles. The van der Waals surface area contributed by atoms with E-state index in [0.717, 1.165) is 5.56 Å². The van der Waals surface area contributed by atoms with Gasteiger partial charge in [0.15, 0.2) is 0 Å². The molecule has 0 aliphatic carbocycles. The van der Waals surface area contributed by atoms with Crippen molar-refractivity contribution < 1.29 is 14.5 Å². The summed E-state index contributed by atoms with van der Waals surface area (Å²) in [6, 6.07) is 10.1. The number of carbonyl (C=O) groups excluding carboxylic acids is 1. The maximum Gasteiger partial charge on any atom is 0.273 e. The van der Waals surface area contributed by atoms with E-state index in [4.69, 9.17) is 9.68 Å². The Labute approximate surface area is 149 Å². The molecule has 130 valence electrons. The molecule has 0 saturated carbocycles. The van der Waals surface area contributed by atoms with Crippen LogP contribution in [0.2, 0.25) is 0 Å². The molecular weight excluding hydrogens is 340 g/mol. The van der Waals surface area contributed by atoms with E-state index < -0.39 is 0 Å². The molecule has 2 aliphatic heterocycles. The molecule has 0 spiro atoms. The maximum absolute atomic E-state index is 12.5. The summed E-state index contributed by atoms with van der Waals surface area (Å²) in [6.45, 7) is 3.01. The highest BCUT2D eigenvalue weighted by molar-refractivity contribution is 7.13. The molecule has 1 fully saturated rings. The third kappa shape index (κ3) is 3.65. The molecule has 2 aliphatic rings. The van der Waals surface area contributed by atoms with Crippen molar-refractivity contribution in [3.05, 3.63) is 59.4 Å². The number of anilines is 1. The fourth-order valence-corrected chi connectivity index (χ4v) is 3.36. The van der Waals surface area contributed by atoms with E-state index in [2.05, 4.69) is 4.98 Å². The minimum atomic E-state index is -0.0601. The zero-order valence-corrected chi connectivity index (χ0v) is 14.4. The van der Waals surface area contributed by atoms with E-state index >= 15 is 0 Å². The second-order valence-electron chi connectivity index (χ2n) is 5.69. The van der Waals surface area contributed by atoms with Crippen molar-refractivity contribution >= 4 is 22.4 Å². The van der Waals surface area contributed by atoms with Crippen LogP contribution < -0.4 is 5.06 Å². The Morgan fingerprint density at radius 3 is 2.76 bits per heavy atom. The Morgan fingerprint density at radius 2 is 1.96 bits per heavy atom. The fraction of sp³-hybridized carbons (Fsp3) is 0.294. The third-order valence-corrected chi connectivity index (χ3v) is 4.76. The van der Waals surface area contributed by atoms with Crippen molar-refractivity contribution in [2.24, 2.45) is 0 Å². The van der Waals surface area contributed by atoms with Crippen LogP contribution in [0, 0.1) is 0 Å². The molecule has 0 radical (unpaired) electrons. The molecule has 1 amide bonds. The second kappa shape index (κ2) is 7.22. The topological polar surface area (TPSA) is 58.1 Å². The van der Waals surface area contributed by atoms with Gasteiger partial charge in [0.2, 0.25) is 5.13 Å². The van der Waals surface area contributed by atoms with Gasteiger partial charge in [0, 0.05) is 24.7 Å². The Kier molecular flexibility index (Phi) is 4.64. The van der Waals surface area contributed by atoms with Gasteiger partial charge in [-0.2, -0.15) is 5.06 Å². The molecule has 1 aromatic heterocycles. The number of hydrogen-bond donors (Lipinski definition) is 0. The van der Waals surface area contributed by atoms with Crippen LogP contribution in [0.3, 0.4) is 0 Å². The summed E-state index contributed by atoms with van der Waals surface area (Å²) in [4.78, 5) is 24.4. The Balaban J connectivity index is 1.38. The first-order valence-corrected chi connectivity index (χ1v) is 8.96. The molecule has 1 saturated heterocycles. The highest BCUT2D eigenvalue weighted by Crippen LogP contribution is 2.26. The van der Waals surface area contributed by atoms with Gasteiger partial charge in [-0.1, -0.05) is 30.3 Å². The molecule has 25 heavy (non-hydrogen) atoms. The van der Waals surface area contributed by atoms with Gasteiger partial charge in [0.1, 0.15) is 5.69 Å². The first-order valence-electron chi connectivity index (χ1n) is 8.08. The van der Waals surface area contributed by atoms with Gasteiger partial charge in [-0.3, -0.25) is 4.79 Å². The summed E-state index contributed by atoms with van der Waals surface area (Å²) in [7, 11) is 0. The molecule has 0 bridgehead atoms. The van der Waals surface area contributed by atoms with Crippen molar-refractivity contribution in [1.29, 1.82) is 0 Å². The Morgan fingerprint density at radius 1 is 1.16 bits per heavy atom. The summed E-state index contributed by atoms with van der Waals surface area (Å²) >= 11 is 1.38. The molecule has 0 atom stereocenters. The zero-order valence-electron chi connectivity index (χ0n) is 13.6. The lowest BCUT2D eigenvalue weighted by atomic mass is 10.2. The number of aromatic nitrogens is 1. The van der Waals surface area contributed by atoms with Crippen molar-refractivity contribution in [2.45, 2.75) is 6.54 Å². The Hall–Kier alpha value is -2.42. The number of ether oxygens (including phenoxy) is 1. The van der Waals surface area contributed by atoms with Crippen LogP contribution in [0.25, 0.3) is 0 Å². The van der Waals surface area contributed by atoms with Gasteiger partial charge < -0.3 is 9.64 Å². The van der Waals surface area contributed by atoms with E-state index in [-0.39, 0.29) is 5.91 Å². The number of rotatable bonds is 4. The van der Waals surface area contributed by atoms with Gasteiger partial charge in [-0.05, 0) is 5.56 Å². The summed E-state index contributed by atoms with van der Waals surface area (Å²) in [6.07, 6.45) is 3.64. The minimum Gasteiger partial charge on any atom is -0.378 e. The first-order chi connectivity index (χ1) is 12.3. The average Bonchev–Trinajstić information content (AvgIpc) is 3.32. The largest absolute Gasteiger partial charge is 0.378 e. The molecule has 8 heteroatoms. The third-order valence-electron chi connectivity index (χ3n) is 3.94. The van der Waals surface area contributed by atoms with E-state index in [1.54, 1.807) is 26.6 Å². The highest BCUT2D eigenvalue weighted by Gasteiger charge is 2.24. The first kappa shape index (κ1) is 16.1. The summed E-state index contributed by atoms with van der Waals surface area (Å²) in [5.74, 6) is -0.0601. The van der Waals surface area contributed by atoms with Crippen LogP contribution in [0.15, 0.2) is 48.1 Å². The lowest BCUT2D eigenvalue weighted by Gasteiger charge is -2.26. The number of amides is 1. The number of nitrogens with zero attached hydrogens (tertiary/aromatic N) is 4. The number of morpholine rings is 1. The average molecular weight is 358 g/mol. The Bertz CT molecular complexity index is 758. The van der Waals surface area contributed by atoms with Crippen molar-refractivity contribution in [3.8, 4) is 0 Å². The zero-order chi connectivity index (χ0) is 17.1. The normalized spacial score (nSPS) is 17.4. The smallest absolute Gasteiger partial charge is 0.273 e. The highest BCUT2D eigenvalue weighted by atomic mass is 32.1. The molecular formula is C17H18N4O3S. The SMILES string of the molecule is O=C(c1csc(N2C=CN(Cc3ccccc3)O2)n1)N1CCOCC1. The predicted molar refractivity (Wildman–Crippen MR) is 93.5 cm³/mol.